The van der Waals surface area contributed by atoms with E-state index in [1.165, 1.54) is 19.3 Å². The third-order valence-electron chi connectivity index (χ3n) is 6.74. The van der Waals surface area contributed by atoms with Crippen LogP contribution in [0.25, 0.3) is 0 Å². The van der Waals surface area contributed by atoms with Crippen LogP contribution in [0.15, 0.2) is 48.6 Å². The van der Waals surface area contributed by atoms with E-state index in [2.05, 4.69) is 55.6 Å². The van der Waals surface area contributed by atoms with Crippen molar-refractivity contribution in [1.29, 1.82) is 0 Å². The summed E-state index contributed by atoms with van der Waals surface area (Å²) in [5, 5.41) is 13.5. The van der Waals surface area contributed by atoms with Gasteiger partial charge in [-0.3, -0.25) is 9.36 Å². The van der Waals surface area contributed by atoms with E-state index < -0.39 is 26.6 Å². The molecule has 2 N–H and O–H groups in total. The van der Waals surface area contributed by atoms with Gasteiger partial charge in [0, 0.05) is 6.42 Å². The second-order valence-corrected chi connectivity index (χ2v) is 13.6. The molecule has 0 bridgehead atoms. The first kappa shape index (κ1) is 41.5. The number of nitrogens with one attached hydrogen (secondary N) is 1. The van der Waals surface area contributed by atoms with Gasteiger partial charge in [-0.05, 0) is 51.4 Å². The fourth-order valence-corrected chi connectivity index (χ4v) is 4.73. The number of phosphoric acid groups is 1. The van der Waals surface area contributed by atoms with Crippen LogP contribution in [0.4, 0.5) is 0 Å². The number of aliphatic hydroxyl groups excluding tert-OH is 1. The zero-order chi connectivity index (χ0) is 32.2. The minimum absolute atomic E-state index is 0.0118. The zero-order valence-electron chi connectivity index (χ0n) is 27.9. The molecule has 0 fully saturated rings. The molecular weight excluding hydrogens is 563 g/mol. The minimum Gasteiger partial charge on any atom is -0.756 e. The second kappa shape index (κ2) is 26.8. The molecule has 43 heavy (non-hydrogen) atoms. The van der Waals surface area contributed by atoms with E-state index in [9.17, 15) is 19.4 Å². The summed E-state index contributed by atoms with van der Waals surface area (Å²) in [7, 11) is 1.22. The highest BCUT2D eigenvalue weighted by molar-refractivity contribution is 7.45. The summed E-state index contributed by atoms with van der Waals surface area (Å²) >= 11 is 0. The molecule has 3 unspecified atom stereocenters. The number of carbonyl (C=O) groups excluding carboxylic acids is 1. The first-order chi connectivity index (χ1) is 20.5. The molecule has 0 aromatic carbocycles. The number of carbonyl (C=O) groups is 1. The van der Waals surface area contributed by atoms with E-state index in [1.54, 1.807) is 6.08 Å². The Hall–Kier alpha value is -1.54. The van der Waals surface area contributed by atoms with E-state index in [0.29, 0.717) is 17.4 Å². The maximum absolute atomic E-state index is 12.7. The summed E-state index contributed by atoms with van der Waals surface area (Å²) in [6.45, 7) is 4.41. The van der Waals surface area contributed by atoms with Gasteiger partial charge in [0.25, 0.3) is 7.82 Å². The summed E-state index contributed by atoms with van der Waals surface area (Å²) in [6, 6.07) is -0.906. The number of unbranched alkanes of at least 4 members (excludes halogenated alkanes) is 9. The molecule has 0 saturated heterocycles. The molecule has 0 radical (unpaired) electrons. The zero-order valence-corrected chi connectivity index (χ0v) is 28.8. The highest BCUT2D eigenvalue weighted by Gasteiger charge is 2.23. The van der Waals surface area contributed by atoms with Crippen molar-refractivity contribution in [2.75, 3.05) is 40.9 Å². The lowest BCUT2D eigenvalue weighted by molar-refractivity contribution is -0.870. The normalized spacial score (nSPS) is 15.6. The number of quaternary nitrogens is 1. The highest BCUT2D eigenvalue weighted by atomic mass is 31.2. The van der Waals surface area contributed by atoms with Gasteiger partial charge >= 0.3 is 0 Å². The number of rotatable bonds is 28. The molecule has 3 atom stereocenters. The van der Waals surface area contributed by atoms with Gasteiger partial charge in [-0.15, -0.1) is 0 Å². The van der Waals surface area contributed by atoms with Gasteiger partial charge in [-0.2, -0.15) is 0 Å². The van der Waals surface area contributed by atoms with Crippen LogP contribution in [0.5, 0.6) is 0 Å². The average molecular weight is 627 g/mol. The fourth-order valence-electron chi connectivity index (χ4n) is 4.01. The van der Waals surface area contributed by atoms with Crippen LogP contribution in [0.1, 0.15) is 110 Å². The quantitative estimate of drug-likeness (QED) is 0.0413. The summed E-state index contributed by atoms with van der Waals surface area (Å²) in [5.41, 5.74) is 0. The fraction of sp³-hybridized carbons (Fsp3) is 0.735. The monoisotopic (exact) mass is 626 g/mol. The summed E-state index contributed by atoms with van der Waals surface area (Å²) in [4.78, 5) is 24.9. The molecule has 0 heterocycles. The number of aliphatic hydroxyl groups is 1. The third-order valence-corrected chi connectivity index (χ3v) is 7.71. The third kappa shape index (κ3) is 29.0. The van der Waals surface area contributed by atoms with Crippen molar-refractivity contribution >= 4 is 13.7 Å². The van der Waals surface area contributed by atoms with Gasteiger partial charge in [-0.25, -0.2) is 0 Å². The van der Waals surface area contributed by atoms with Gasteiger partial charge in [0.1, 0.15) is 13.2 Å². The second-order valence-electron chi connectivity index (χ2n) is 12.1. The van der Waals surface area contributed by atoms with Crippen molar-refractivity contribution in [2.45, 2.75) is 122 Å². The van der Waals surface area contributed by atoms with Crippen LogP contribution < -0.4 is 10.2 Å². The van der Waals surface area contributed by atoms with E-state index in [1.807, 2.05) is 27.2 Å². The lowest BCUT2D eigenvalue weighted by atomic mass is 10.1. The number of nitrogens with zero attached hydrogens (tertiary/aromatic N) is 1. The Kier molecular flexibility index (Phi) is 25.9. The van der Waals surface area contributed by atoms with E-state index >= 15 is 0 Å². The molecule has 1 amide bonds. The van der Waals surface area contributed by atoms with Crippen molar-refractivity contribution in [3.63, 3.8) is 0 Å². The summed E-state index contributed by atoms with van der Waals surface area (Å²) < 4.78 is 22.9. The molecule has 0 aromatic heterocycles. The smallest absolute Gasteiger partial charge is 0.268 e. The number of amides is 1. The average Bonchev–Trinajstić information content (AvgIpc) is 2.94. The number of allylic oxidation sites excluding steroid dienone is 7. The summed E-state index contributed by atoms with van der Waals surface area (Å²) in [6.07, 6.45) is 30.3. The standard InChI is InChI=1S/C34H63N2O6P/c1-6-8-10-12-14-15-16-17-18-19-20-22-24-26-28-34(38)35-32(33(37)27-25-23-21-13-11-9-7-2)31-42-43(39,40)41-30-29-36(3,4)5/h11-14,16-17,25,27,32-33,37H,6-10,15,18-24,26,28-31H2,1-5H3,(H-,35,38,39,40)/b13-11+,14-12-,17-16-,27-25+. The van der Waals surface area contributed by atoms with Crippen LogP contribution in [0.2, 0.25) is 0 Å². The Labute approximate surface area is 263 Å². The van der Waals surface area contributed by atoms with E-state index in [4.69, 9.17) is 9.05 Å². The van der Waals surface area contributed by atoms with Crippen molar-refractivity contribution in [3.8, 4) is 0 Å². The van der Waals surface area contributed by atoms with Crippen molar-refractivity contribution in [1.82, 2.24) is 5.32 Å². The van der Waals surface area contributed by atoms with Crippen LogP contribution in [-0.4, -0.2) is 68.5 Å². The lowest BCUT2D eigenvalue weighted by Gasteiger charge is -2.29. The van der Waals surface area contributed by atoms with Crippen LogP contribution >= 0.6 is 7.82 Å². The Balaban J connectivity index is 4.59. The van der Waals surface area contributed by atoms with Gasteiger partial charge < -0.3 is 28.8 Å². The molecule has 0 aromatic rings. The Morgan fingerprint density at radius 2 is 1.42 bits per heavy atom. The first-order valence-corrected chi connectivity index (χ1v) is 18.0. The summed E-state index contributed by atoms with van der Waals surface area (Å²) in [5.74, 6) is -0.231. The van der Waals surface area contributed by atoms with Gasteiger partial charge in [-0.1, -0.05) is 101 Å². The molecular formula is C34H63N2O6P. The predicted octanol–water partition coefficient (Wildman–Crippen LogP) is 7.16. The maximum Gasteiger partial charge on any atom is 0.268 e. The Morgan fingerprint density at radius 3 is 2.09 bits per heavy atom. The molecule has 250 valence electrons. The largest absolute Gasteiger partial charge is 0.756 e. The number of phosphoric ester groups is 1. The van der Waals surface area contributed by atoms with Gasteiger partial charge in [0.05, 0.1) is 39.9 Å². The van der Waals surface area contributed by atoms with Gasteiger partial charge in [0.2, 0.25) is 5.91 Å². The molecule has 0 spiro atoms. The molecule has 0 aliphatic heterocycles. The first-order valence-electron chi connectivity index (χ1n) is 16.5. The molecule has 8 nitrogen and oxygen atoms in total. The Morgan fingerprint density at radius 1 is 0.814 bits per heavy atom. The molecule has 0 aliphatic carbocycles. The van der Waals surface area contributed by atoms with Crippen molar-refractivity contribution < 1.29 is 32.9 Å². The molecule has 9 heteroatoms. The molecule has 0 saturated carbocycles. The number of hydrogen-bond acceptors (Lipinski definition) is 6. The number of hydrogen-bond donors (Lipinski definition) is 2. The number of likely N-dealkylation sites (N-methyl/N-ethyl adjacent to an activating group) is 1. The lowest BCUT2D eigenvalue weighted by Crippen LogP contribution is -2.45. The van der Waals surface area contributed by atoms with Crippen molar-refractivity contribution in [2.24, 2.45) is 0 Å². The Bertz CT molecular complexity index is 850. The van der Waals surface area contributed by atoms with E-state index in [-0.39, 0.29) is 12.5 Å². The minimum atomic E-state index is -4.58. The van der Waals surface area contributed by atoms with Crippen LogP contribution in [0.3, 0.4) is 0 Å². The topological polar surface area (TPSA) is 108 Å². The van der Waals surface area contributed by atoms with Crippen LogP contribution in [-0.2, 0) is 18.4 Å². The van der Waals surface area contributed by atoms with Gasteiger partial charge in [0.15, 0.2) is 0 Å². The van der Waals surface area contributed by atoms with Crippen LogP contribution in [0, 0.1) is 0 Å². The maximum atomic E-state index is 12.7. The van der Waals surface area contributed by atoms with E-state index in [0.717, 1.165) is 70.6 Å². The predicted molar refractivity (Wildman–Crippen MR) is 178 cm³/mol. The molecule has 0 rings (SSSR count). The SMILES string of the molecule is CCC/C=C/CC/C=C/C(O)C(COP(=O)([O-])OCC[N+](C)(C)C)NC(=O)CCCCCCC/C=C\C/C=C\CCCC. The highest BCUT2D eigenvalue weighted by Crippen LogP contribution is 2.38. The molecule has 0 aliphatic rings. The van der Waals surface area contributed by atoms with Crippen molar-refractivity contribution in [3.05, 3.63) is 48.6 Å².